The van der Waals surface area contributed by atoms with Gasteiger partial charge in [0.05, 0.1) is 0 Å². The maximum atomic E-state index is 5.82. The molecule has 0 saturated heterocycles. The van der Waals surface area contributed by atoms with Crippen LogP contribution in [-0.2, 0) is 6.42 Å². The van der Waals surface area contributed by atoms with E-state index in [0.29, 0.717) is 0 Å². The standard InChI is InChI=1S/C16H15N/c17-16-7-3-6-14(11-16)15-9-8-12-4-1-2-5-13(12)10-15/h1,3-4,6-11H,2,5,17H2. The van der Waals surface area contributed by atoms with Gasteiger partial charge in [-0.25, -0.2) is 0 Å². The minimum Gasteiger partial charge on any atom is -0.399 e. The van der Waals surface area contributed by atoms with Gasteiger partial charge >= 0.3 is 0 Å². The summed E-state index contributed by atoms with van der Waals surface area (Å²) < 4.78 is 0. The van der Waals surface area contributed by atoms with E-state index < -0.39 is 0 Å². The SMILES string of the molecule is Nc1cccc(-c2ccc3c(c2)CCC=C3)c1. The Morgan fingerprint density at radius 1 is 0.941 bits per heavy atom. The van der Waals surface area contributed by atoms with Crippen molar-refractivity contribution in [2.24, 2.45) is 0 Å². The molecule has 0 spiro atoms. The lowest BCUT2D eigenvalue weighted by Crippen LogP contribution is -1.94. The van der Waals surface area contributed by atoms with E-state index in [4.69, 9.17) is 5.73 Å². The van der Waals surface area contributed by atoms with Crippen molar-refractivity contribution in [3.8, 4) is 11.1 Å². The van der Waals surface area contributed by atoms with Crippen molar-refractivity contribution in [2.45, 2.75) is 12.8 Å². The molecule has 0 bridgehead atoms. The van der Waals surface area contributed by atoms with Crippen molar-refractivity contribution in [3.63, 3.8) is 0 Å². The molecule has 0 aliphatic heterocycles. The van der Waals surface area contributed by atoms with Crippen molar-refractivity contribution >= 4 is 11.8 Å². The van der Waals surface area contributed by atoms with Crippen LogP contribution in [0.15, 0.2) is 48.5 Å². The van der Waals surface area contributed by atoms with Crippen LogP contribution in [0.1, 0.15) is 17.5 Å². The molecule has 0 heterocycles. The molecule has 84 valence electrons. The molecule has 1 aliphatic rings. The van der Waals surface area contributed by atoms with E-state index in [2.05, 4.69) is 36.4 Å². The summed E-state index contributed by atoms with van der Waals surface area (Å²) in [7, 11) is 0. The normalized spacial score (nSPS) is 13.4. The topological polar surface area (TPSA) is 26.0 Å². The van der Waals surface area contributed by atoms with Gasteiger partial charge in [-0.2, -0.15) is 0 Å². The first-order valence-electron chi connectivity index (χ1n) is 5.98. The fourth-order valence-electron chi connectivity index (χ4n) is 2.33. The molecule has 2 N–H and O–H groups in total. The molecule has 0 saturated carbocycles. The average Bonchev–Trinajstić information content (AvgIpc) is 2.38. The van der Waals surface area contributed by atoms with Gasteiger partial charge in [0, 0.05) is 5.69 Å². The number of nitrogen functional groups attached to an aromatic ring is 1. The van der Waals surface area contributed by atoms with Crippen LogP contribution in [0.5, 0.6) is 0 Å². The van der Waals surface area contributed by atoms with E-state index in [9.17, 15) is 0 Å². The highest BCUT2D eigenvalue weighted by atomic mass is 14.5. The van der Waals surface area contributed by atoms with Gasteiger partial charge in [0.2, 0.25) is 0 Å². The van der Waals surface area contributed by atoms with E-state index in [1.165, 1.54) is 22.3 Å². The summed E-state index contributed by atoms with van der Waals surface area (Å²) in [6.07, 6.45) is 6.74. The van der Waals surface area contributed by atoms with E-state index in [1.807, 2.05) is 18.2 Å². The highest BCUT2D eigenvalue weighted by molar-refractivity contribution is 5.71. The average molecular weight is 221 g/mol. The summed E-state index contributed by atoms with van der Waals surface area (Å²) in [5.41, 5.74) is 11.9. The third-order valence-corrected chi connectivity index (χ3v) is 3.24. The van der Waals surface area contributed by atoms with Crippen LogP contribution >= 0.6 is 0 Å². The second-order valence-corrected chi connectivity index (χ2v) is 4.48. The Bertz CT molecular complexity index is 582. The smallest absolute Gasteiger partial charge is 0.0320 e. The van der Waals surface area contributed by atoms with E-state index in [0.717, 1.165) is 18.5 Å². The molecule has 1 aliphatic carbocycles. The van der Waals surface area contributed by atoms with Gasteiger partial charge in [0.15, 0.2) is 0 Å². The molecular formula is C16H15N. The summed E-state index contributed by atoms with van der Waals surface area (Å²) in [5.74, 6) is 0. The lowest BCUT2D eigenvalue weighted by atomic mass is 9.93. The summed E-state index contributed by atoms with van der Waals surface area (Å²) >= 11 is 0. The summed E-state index contributed by atoms with van der Waals surface area (Å²) in [6.45, 7) is 0. The maximum Gasteiger partial charge on any atom is 0.0320 e. The number of anilines is 1. The lowest BCUT2D eigenvalue weighted by Gasteiger charge is -2.12. The van der Waals surface area contributed by atoms with Crippen LogP contribution in [0.25, 0.3) is 17.2 Å². The molecule has 2 aromatic carbocycles. The maximum absolute atomic E-state index is 5.82. The Kier molecular flexibility index (Phi) is 2.45. The Hall–Kier alpha value is -2.02. The monoisotopic (exact) mass is 221 g/mol. The lowest BCUT2D eigenvalue weighted by molar-refractivity contribution is 0.986. The summed E-state index contributed by atoms with van der Waals surface area (Å²) in [4.78, 5) is 0. The largest absolute Gasteiger partial charge is 0.399 e. The van der Waals surface area contributed by atoms with Crippen LogP contribution in [0.3, 0.4) is 0 Å². The first-order valence-corrected chi connectivity index (χ1v) is 5.98. The Balaban J connectivity index is 2.07. The van der Waals surface area contributed by atoms with Crippen molar-refractivity contribution < 1.29 is 0 Å². The molecule has 0 amide bonds. The van der Waals surface area contributed by atoms with Crippen LogP contribution in [0, 0.1) is 0 Å². The van der Waals surface area contributed by atoms with Crippen molar-refractivity contribution in [1.29, 1.82) is 0 Å². The summed E-state index contributed by atoms with van der Waals surface area (Å²) in [6, 6.07) is 14.7. The minimum atomic E-state index is 0.820. The zero-order valence-electron chi connectivity index (χ0n) is 9.69. The second-order valence-electron chi connectivity index (χ2n) is 4.48. The number of rotatable bonds is 1. The van der Waals surface area contributed by atoms with Gasteiger partial charge in [-0.3, -0.25) is 0 Å². The van der Waals surface area contributed by atoms with Crippen LogP contribution in [0.2, 0.25) is 0 Å². The molecule has 0 fully saturated rings. The first kappa shape index (κ1) is 10.2. The van der Waals surface area contributed by atoms with Gasteiger partial charge in [-0.15, -0.1) is 0 Å². The molecule has 2 aromatic rings. The van der Waals surface area contributed by atoms with E-state index >= 15 is 0 Å². The molecule has 1 nitrogen and oxygen atoms in total. The predicted octanol–water partition coefficient (Wildman–Crippen LogP) is 3.90. The Morgan fingerprint density at radius 3 is 2.71 bits per heavy atom. The molecule has 17 heavy (non-hydrogen) atoms. The van der Waals surface area contributed by atoms with Crippen LogP contribution in [0.4, 0.5) is 5.69 Å². The molecule has 1 heteroatoms. The highest BCUT2D eigenvalue weighted by Crippen LogP contribution is 2.27. The zero-order chi connectivity index (χ0) is 11.7. The number of nitrogens with two attached hydrogens (primary N) is 1. The van der Waals surface area contributed by atoms with Gasteiger partial charge in [0.1, 0.15) is 0 Å². The quantitative estimate of drug-likeness (QED) is 0.726. The Labute approximate surface area is 102 Å². The third kappa shape index (κ3) is 1.96. The van der Waals surface area contributed by atoms with Gasteiger partial charge in [-0.05, 0) is 47.2 Å². The number of benzene rings is 2. The number of fused-ring (bicyclic) bond motifs is 1. The molecule has 0 aromatic heterocycles. The Morgan fingerprint density at radius 2 is 1.82 bits per heavy atom. The third-order valence-electron chi connectivity index (χ3n) is 3.24. The minimum absolute atomic E-state index is 0.820. The fourth-order valence-corrected chi connectivity index (χ4v) is 2.33. The van der Waals surface area contributed by atoms with Crippen molar-refractivity contribution in [1.82, 2.24) is 0 Å². The van der Waals surface area contributed by atoms with E-state index in [-0.39, 0.29) is 0 Å². The number of hydrogen-bond acceptors (Lipinski definition) is 1. The number of allylic oxidation sites excluding steroid dienone is 1. The number of hydrogen-bond donors (Lipinski definition) is 1. The van der Waals surface area contributed by atoms with Gasteiger partial charge in [0.25, 0.3) is 0 Å². The van der Waals surface area contributed by atoms with E-state index in [1.54, 1.807) is 0 Å². The highest BCUT2D eigenvalue weighted by Gasteiger charge is 2.06. The number of aryl methyl sites for hydroxylation is 1. The van der Waals surface area contributed by atoms with Gasteiger partial charge < -0.3 is 5.73 Å². The molecule has 0 unspecified atom stereocenters. The van der Waals surface area contributed by atoms with Crippen molar-refractivity contribution in [2.75, 3.05) is 5.73 Å². The van der Waals surface area contributed by atoms with Crippen LogP contribution < -0.4 is 5.73 Å². The predicted molar refractivity (Wildman–Crippen MR) is 73.6 cm³/mol. The first-order chi connectivity index (χ1) is 8.33. The zero-order valence-corrected chi connectivity index (χ0v) is 9.69. The molecule has 0 atom stereocenters. The fraction of sp³-hybridized carbons (Fsp3) is 0.125. The van der Waals surface area contributed by atoms with Gasteiger partial charge in [-0.1, -0.05) is 42.5 Å². The summed E-state index contributed by atoms with van der Waals surface area (Å²) in [5, 5.41) is 0. The molecule has 3 rings (SSSR count). The molecular weight excluding hydrogens is 206 g/mol. The molecule has 0 radical (unpaired) electrons. The second kappa shape index (κ2) is 4.10. The van der Waals surface area contributed by atoms with Crippen LogP contribution in [-0.4, -0.2) is 0 Å². The van der Waals surface area contributed by atoms with Crippen molar-refractivity contribution in [3.05, 3.63) is 59.7 Å².